The molecule has 0 unspecified atom stereocenters. The lowest BCUT2D eigenvalue weighted by Crippen LogP contribution is -2.33. The third-order valence-electron chi connectivity index (χ3n) is 6.66. The van der Waals surface area contributed by atoms with E-state index in [1.54, 1.807) is 18.5 Å². The number of nitrogens with zero attached hydrogens (tertiary/aromatic N) is 2. The maximum atomic E-state index is 14.2. The molecule has 0 aliphatic carbocycles. The number of pyridine rings is 1. The highest BCUT2D eigenvalue weighted by Gasteiger charge is 2.41. The number of likely N-dealkylation sites (tertiary alicyclic amines) is 1. The highest BCUT2D eigenvalue weighted by Crippen LogP contribution is 2.41. The highest BCUT2D eigenvalue weighted by atomic mass is 19.4. The second-order valence-corrected chi connectivity index (χ2v) is 9.08. The minimum Gasteiger partial charge on any atom is -0.507 e. The number of aromatic hydroxyl groups is 1. The van der Waals surface area contributed by atoms with Gasteiger partial charge in [0.25, 0.3) is 5.76 Å². The third kappa shape index (κ3) is 5.04. The van der Waals surface area contributed by atoms with Crippen LogP contribution in [-0.2, 0) is 12.7 Å². The molecular weight excluding hydrogens is 501 g/mol. The lowest BCUT2D eigenvalue weighted by atomic mass is 9.95. The molecule has 1 saturated heterocycles. The Morgan fingerprint density at radius 3 is 2.68 bits per heavy atom. The molecule has 3 heterocycles. The van der Waals surface area contributed by atoms with Gasteiger partial charge in [-0.25, -0.2) is 0 Å². The highest BCUT2D eigenvalue weighted by molar-refractivity contribution is 5.83. The monoisotopic (exact) mass is 526 g/mol. The molecule has 5 rings (SSSR count). The number of hydrogen-bond donors (Lipinski definition) is 1. The van der Waals surface area contributed by atoms with Crippen molar-refractivity contribution in [1.29, 1.82) is 0 Å². The van der Waals surface area contributed by atoms with Gasteiger partial charge in [-0.1, -0.05) is 18.6 Å². The van der Waals surface area contributed by atoms with Crippen LogP contribution >= 0.6 is 0 Å². The van der Waals surface area contributed by atoms with Crippen LogP contribution in [0.15, 0.2) is 70.1 Å². The molecule has 10 heteroatoms. The van der Waals surface area contributed by atoms with Crippen LogP contribution in [0.4, 0.5) is 13.2 Å². The summed E-state index contributed by atoms with van der Waals surface area (Å²) in [5.41, 5.74) is -0.243. The molecule has 2 aromatic heterocycles. The lowest BCUT2D eigenvalue weighted by Gasteiger charge is -2.36. The summed E-state index contributed by atoms with van der Waals surface area (Å²) in [6.45, 7) is 0.738. The first-order valence-corrected chi connectivity index (χ1v) is 12.1. The number of fused-ring (bicyclic) bond motifs is 1. The maximum absolute atomic E-state index is 14.2. The fourth-order valence-electron chi connectivity index (χ4n) is 4.84. The van der Waals surface area contributed by atoms with E-state index >= 15 is 0 Å². The Kier molecular flexibility index (Phi) is 6.98. The zero-order valence-corrected chi connectivity index (χ0v) is 20.5. The van der Waals surface area contributed by atoms with Gasteiger partial charge in [0.1, 0.15) is 22.8 Å². The molecule has 1 N–H and O–H groups in total. The SMILES string of the molecule is COc1cccc(Oc2c(C(F)(F)F)oc3c(CN4CCCC[C@H]4c4cccnc4)c(O)ccc3c2=O)c1. The predicted octanol–water partition coefficient (Wildman–Crippen LogP) is 6.44. The first-order valence-electron chi connectivity index (χ1n) is 12.1. The normalized spacial score (nSPS) is 16.5. The standard InChI is InChI=1S/C28H25F3N2O5/c1-36-18-7-4-8-19(14-18)37-26-24(35)20-10-11-23(34)21(25(20)38-27(26)28(29,30)31)16-33-13-3-2-9-22(33)17-6-5-12-32-15-17/h4-8,10-12,14-15,22,34H,2-3,9,13,16H2,1H3/t22-/m0/s1. The fraction of sp³-hybridized carbons (Fsp3) is 0.286. The molecular formula is C28H25F3N2O5. The summed E-state index contributed by atoms with van der Waals surface area (Å²) < 4.78 is 58.4. The number of piperidine rings is 1. The second-order valence-electron chi connectivity index (χ2n) is 9.08. The molecule has 0 radical (unpaired) electrons. The van der Waals surface area contributed by atoms with Crippen molar-refractivity contribution in [3.05, 3.63) is 88.0 Å². The van der Waals surface area contributed by atoms with Gasteiger partial charge in [-0.3, -0.25) is 14.7 Å². The van der Waals surface area contributed by atoms with Crippen LogP contribution in [0.2, 0.25) is 0 Å². The minimum absolute atomic E-state index is 0.0202. The molecule has 1 atom stereocenters. The van der Waals surface area contributed by atoms with Crippen molar-refractivity contribution < 1.29 is 32.2 Å². The summed E-state index contributed by atoms with van der Waals surface area (Å²) in [5.74, 6) is -2.50. The number of hydrogen-bond acceptors (Lipinski definition) is 7. The maximum Gasteiger partial charge on any atom is 0.453 e. The number of rotatable bonds is 6. The number of ether oxygens (including phenoxy) is 2. The van der Waals surface area contributed by atoms with Crippen LogP contribution < -0.4 is 14.9 Å². The van der Waals surface area contributed by atoms with E-state index in [1.165, 1.54) is 37.4 Å². The Bertz CT molecular complexity index is 1500. The molecule has 0 bridgehead atoms. The minimum atomic E-state index is -5.03. The molecule has 1 aliphatic heterocycles. The van der Waals surface area contributed by atoms with E-state index in [0.717, 1.165) is 24.8 Å². The largest absolute Gasteiger partial charge is 0.507 e. The Morgan fingerprint density at radius 1 is 1.13 bits per heavy atom. The van der Waals surface area contributed by atoms with E-state index in [1.807, 2.05) is 12.1 Å². The molecule has 2 aromatic carbocycles. The van der Waals surface area contributed by atoms with Gasteiger partial charge in [-0.2, -0.15) is 13.2 Å². The van der Waals surface area contributed by atoms with E-state index < -0.39 is 23.1 Å². The van der Waals surface area contributed by atoms with Crippen LogP contribution in [0.25, 0.3) is 11.0 Å². The summed E-state index contributed by atoms with van der Waals surface area (Å²) in [7, 11) is 1.40. The number of benzene rings is 2. The predicted molar refractivity (Wildman–Crippen MR) is 133 cm³/mol. The van der Waals surface area contributed by atoms with Crippen molar-refractivity contribution in [3.63, 3.8) is 0 Å². The Morgan fingerprint density at radius 2 is 1.95 bits per heavy atom. The van der Waals surface area contributed by atoms with Gasteiger partial charge in [0.15, 0.2) is 0 Å². The van der Waals surface area contributed by atoms with Gasteiger partial charge in [-0.05, 0) is 55.3 Å². The molecule has 1 aliphatic rings. The molecule has 198 valence electrons. The van der Waals surface area contributed by atoms with Crippen LogP contribution in [0.5, 0.6) is 23.0 Å². The van der Waals surface area contributed by atoms with Crippen molar-refractivity contribution in [1.82, 2.24) is 9.88 Å². The van der Waals surface area contributed by atoms with E-state index in [4.69, 9.17) is 13.9 Å². The number of aromatic nitrogens is 1. The molecule has 0 spiro atoms. The summed E-state index contributed by atoms with van der Waals surface area (Å²) >= 11 is 0. The average molecular weight is 527 g/mol. The van der Waals surface area contributed by atoms with Crippen molar-refractivity contribution in [2.24, 2.45) is 0 Å². The van der Waals surface area contributed by atoms with Gasteiger partial charge in [0.05, 0.1) is 18.1 Å². The lowest BCUT2D eigenvalue weighted by molar-refractivity contribution is -0.154. The van der Waals surface area contributed by atoms with E-state index in [9.17, 15) is 23.1 Å². The van der Waals surface area contributed by atoms with Crippen LogP contribution in [-0.4, -0.2) is 28.6 Å². The van der Waals surface area contributed by atoms with Crippen molar-refractivity contribution in [2.75, 3.05) is 13.7 Å². The number of alkyl halides is 3. The number of halogens is 3. The topological polar surface area (TPSA) is 85.0 Å². The van der Waals surface area contributed by atoms with Crippen LogP contribution in [0, 0.1) is 0 Å². The van der Waals surface area contributed by atoms with E-state index in [-0.39, 0.29) is 40.6 Å². The summed E-state index contributed by atoms with van der Waals surface area (Å²) in [6, 6.07) is 12.2. The smallest absolute Gasteiger partial charge is 0.453 e. The van der Waals surface area contributed by atoms with Crippen molar-refractivity contribution in [3.8, 4) is 23.0 Å². The second kappa shape index (κ2) is 10.4. The summed E-state index contributed by atoms with van der Waals surface area (Å²) in [6.07, 6.45) is 1.09. The number of methoxy groups -OCH3 is 1. The summed E-state index contributed by atoms with van der Waals surface area (Å²) in [4.78, 5) is 19.6. The number of phenolic OH excluding ortho intramolecular Hbond substituents is 1. The summed E-state index contributed by atoms with van der Waals surface area (Å²) in [5, 5.41) is 10.6. The Balaban J connectivity index is 1.61. The fourth-order valence-corrected chi connectivity index (χ4v) is 4.84. The first kappa shape index (κ1) is 25.6. The third-order valence-corrected chi connectivity index (χ3v) is 6.66. The van der Waals surface area contributed by atoms with Crippen molar-refractivity contribution >= 4 is 11.0 Å². The Hall–Kier alpha value is -4.05. The van der Waals surface area contributed by atoms with Gasteiger partial charge >= 0.3 is 6.18 Å². The van der Waals surface area contributed by atoms with E-state index in [2.05, 4.69) is 9.88 Å². The van der Waals surface area contributed by atoms with Crippen LogP contribution in [0.1, 0.15) is 42.2 Å². The molecule has 38 heavy (non-hydrogen) atoms. The van der Waals surface area contributed by atoms with Gasteiger partial charge < -0.3 is 19.0 Å². The molecule has 4 aromatic rings. The molecule has 7 nitrogen and oxygen atoms in total. The van der Waals surface area contributed by atoms with Gasteiger partial charge in [-0.15, -0.1) is 0 Å². The quantitative estimate of drug-likeness (QED) is 0.309. The first-order chi connectivity index (χ1) is 18.3. The van der Waals surface area contributed by atoms with Gasteiger partial charge in [0.2, 0.25) is 11.2 Å². The zero-order chi connectivity index (χ0) is 26.9. The number of phenols is 1. The molecule has 0 amide bonds. The van der Waals surface area contributed by atoms with Crippen LogP contribution in [0.3, 0.4) is 0 Å². The molecule has 0 saturated carbocycles. The van der Waals surface area contributed by atoms with E-state index in [0.29, 0.717) is 12.3 Å². The average Bonchev–Trinajstić information content (AvgIpc) is 2.92. The van der Waals surface area contributed by atoms with Gasteiger partial charge in [0, 0.05) is 31.0 Å². The molecule has 1 fully saturated rings. The Labute approximate surface area is 216 Å². The van der Waals surface area contributed by atoms with Crippen molar-refractivity contribution in [2.45, 2.75) is 38.0 Å². The zero-order valence-electron chi connectivity index (χ0n) is 20.5.